The molecule has 0 aliphatic carbocycles. The van der Waals surface area contributed by atoms with Gasteiger partial charge in [-0.1, -0.05) is 29.8 Å². The van der Waals surface area contributed by atoms with Gasteiger partial charge in [0.15, 0.2) is 5.11 Å². The summed E-state index contributed by atoms with van der Waals surface area (Å²) >= 11 is 11.3. The van der Waals surface area contributed by atoms with Crippen LogP contribution in [-0.2, 0) is 9.59 Å². The molecular weight excluding hydrogens is 388 g/mol. The summed E-state index contributed by atoms with van der Waals surface area (Å²) in [6.07, 6.45) is 1.45. The Hall–Kier alpha value is -2.90. The number of amides is 2. The molecule has 1 heterocycles. The highest BCUT2D eigenvalue weighted by Gasteiger charge is 2.35. The quantitative estimate of drug-likeness (QED) is 0.483. The first-order valence-electron chi connectivity index (χ1n) is 7.84. The van der Waals surface area contributed by atoms with E-state index in [0.717, 1.165) is 0 Å². The van der Waals surface area contributed by atoms with Gasteiger partial charge >= 0.3 is 0 Å². The molecule has 1 fully saturated rings. The lowest BCUT2D eigenvalue weighted by Gasteiger charge is -2.29. The Morgan fingerprint density at radius 1 is 1.07 bits per heavy atom. The Morgan fingerprint density at radius 2 is 1.78 bits per heavy atom. The summed E-state index contributed by atoms with van der Waals surface area (Å²) in [5.74, 6) is -0.186. The van der Waals surface area contributed by atoms with E-state index >= 15 is 0 Å². The topological polar surface area (TPSA) is 67.9 Å². The monoisotopic (exact) mass is 402 g/mol. The van der Waals surface area contributed by atoms with E-state index in [2.05, 4.69) is 5.32 Å². The summed E-state index contributed by atoms with van der Waals surface area (Å²) in [7, 11) is 2.99. The molecule has 2 aromatic rings. The maximum absolute atomic E-state index is 13.0. The number of thiocarbonyl (C=S) groups is 1. The normalized spacial score (nSPS) is 15.7. The lowest BCUT2D eigenvalue weighted by molar-refractivity contribution is -0.122. The molecule has 0 aromatic heterocycles. The maximum atomic E-state index is 13.0. The van der Waals surface area contributed by atoms with Gasteiger partial charge in [0, 0.05) is 0 Å². The van der Waals surface area contributed by atoms with Crippen molar-refractivity contribution in [2.75, 3.05) is 19.1 Å². The van der Waals surface area contributed by atoms with Gasteiger partial charge in [0.2, 0.25) is 0 Å². The summed E-state index contributed by atoms with van der Waals surface area (Å²) in [6, 6.07) is 11.9. The maximum Gasteiger partial charge on any atom is 0.270 e. The van der Waals surface area contributed by atoms with Crippen LogP contribution >= 0.6 is 23.8 Å². The molecule has 2 amide bonds. The number of methoxy groups -OCH3 is 2. The van der Waals surface area contributed by atoms with Crippen molar-refractivity contribution in [2.45, 2.75) is 0 Å². The molecule has 2 aromatic carbocycles. The number of hydrogen-bond donors (Lipinski definition) is 1. The molecule has 0 atom stereocenters. The van der Waals surface area contributed by atoms with Gasteiger partial charge in [-0.05, 0) is 48.1 Å². The molecule has 0 spiro atoms. The molecule has 1 aliphatic rings. The number of ether oxygens (including phenoxy) is 2. The minimum Gasteiger partial charge on any atom is -0.495 e. The van der Waals surface area contributed by atoms with Crippen molar-refractivity contribution in [1.82, 2.24) is 5.32 Å². The van der Waals surface area contributed by atoms with Crippen molar-refractivity contribution in [1.29, 1.82) is 0 Å². The average molecular weight is 403 g/mol. The molecule has 0 bridgehead atoms. The smallest absolute Gasteiger partial charge is 0.270 e. The lowest BCUT2D eigenvalue weighted by atomic mass is 10.1. The van der Waals surface area contributed by atoms with Gasteiger partial charge in [-0.25, -0.2) is 4.90 Å². The largest absolute Gasteiger partial charge is 0.495 e. The number of para-hydroxylation sites is 2. The minimum absolute atomic E-state index is 0.0144. The van der Waals surface area contributed by atoms with Crippen molar-refractivity contribution in [2.24, 2.45) is 0 Å². The molecule has 8 heteroatoms. The van der Waals surface area contributed by atoms with Crippen molar-refractivity contribution in [3.05, 3.63) is 58.6 Å². The first-order valence-corrected chi connectivity index (χ1v) is 8.63. The molecule has 6 nitrogen and oxygen atoms in total. The van der Waals surface area contributed by atoms with Crippen LogP contribution in [0.25, 0.3) is 6.08 Å². The van der Waals surface area contributed by atoms with E-state index in [1.807, 2.05) is 0 Å². The highest BCUT2D eigenvalue weighted by atomic mass is 35.5. The number of nitrogens with one attached hydrogen (secondary N) is 1. The van der Waals surface area contributed by atoms with Gasteiger partial charge in [0.25, 0.3) is 11.8 Å². The first kappa shape index (κ1) is 18.9. The van der Waals surface area contributed by atoms with E-state index in [-0.39, 0.29) is 10.7 Å². The highest BCUT2D eigenvalue weighted by molar-refractivity contribution is 7.80. The zero-order valence-electron chi connectivity index (χ0n) is 14.5. The van der Waals surface area contributed by atoms with Crippen molar-refractivity contribution >= 4 is 52.5 Å². The predicted molar refractivity (Wildman–Crippen MR) is 107 cm³/mol. The third kappa shape index (κ3) is 3.65. The number of anilines is 1. The van der Waals surface area contributed by atoms with Crippen LogP contribution in [0.1, 0.15) is 5.56 Å². The lowest BCUT2D eigenvalue weighted by Crippen LogP contribution is -2.54. The minimum atomic E-state index is -0.580. The number of benzene rings is 2. The van der Waals surface area contributed by atoms with E-state index in [9.17, 15) is 9.59 Å². The molecule has 0 radical (unpaired) electrons. The van der Waals surface area contributed by atoms with Gasteiger partial charge in [0.05, 0.1) is 24.9 Å². The predicted octanol–water partition coefficient (Wildman–Crippen LogP) is 3.19. The second kappa shape index (κ2) is 7.77. The van der Waals surface area contributed by atoms with Crippen LogP contribution in [-0.4, -0.2) is 31.1 Å². The number of carbonyl (C=O) groups excluding carboxylic acids is 2. The van der Waals surface area contributed by atoms with Crippen LogP contribution in [0.15, 0.2) is 48.0 Å². The Balaban J connectivity index is 2.03. The Bertz CT molecular complexity index is 974. The standard InChI is InChI=1S/C19H15ClN2O4S/c1-25-15-8-7-11(10-13(15)20)9-12-17(23)21-19(27)22(18(12)24)14-5-3-4-6-16(14)26-2/h3-10H,1-2H3,(H,21,23,27)/b12-9+. The molecule has 1 aliphatic heterocycles. The fourth-order valence-electron chi connectivity index (χ4n) is 2.63. The van der Waals surface area contributed by atoms with Gasteiger partial charge in [-0.3, -0.25) is 14.9 Å². The van der Waals surface area contributed by atoms with Crippen molar-refractivity contribution < 1.29 is 19.1 Å². The molecule has 1 saturated heterocycles. The Labute approximate surface area is 166 Å². The number of carbonyl (C=O) groups is 2. The van der Waals surface area contributed by atoms with Crippen LogP contribution in [0.2, 0.25) is 5.02 Å². The van der Waals surface area contributed by atoms with Crippen molar-refractivity contribution in [3.8, 4) is 11.5 Å². The molecule has 138 valence electrons. The summed E-state index contributed by atoms with van der Waals surface area (Å²) in [6.45, 7) is 0. The highest BCUT2D eigenvalue weighted by Crippen LogP contribution is 2.31. The van der Waals surface area contributed by atoms with E-state index in [1.54, 1.807) is 42.5 Å². The van der Waals surface area contributed by atoms with E-state index < -0.39 is 11.8 Å². The molecule has 0 unspecified atom stereocenters. The second-order valence-electron chi connectivity index (χ2n) is 5.52. The molecule has 27 heavy (non-hydrogen) atoms. The van der Waals surface area contributed by atoms with Crippen LogP contribution in [0.3, 0.4) is 0 Å². The van der Waals surface area contributed by atoms with Gasteiger partial charge in [0.1, 0.15) is 17.1 Å². The number of hydrogen-bond acceptors (Lipinski definition) is 5. The van der Waals surface area contributed by atoms with Gasteiger partial charge in [-0.2, -0.15) is 0 Å². The van der Waals surface area contributed by atoms with Crippen molar-refractivity contribution in [3.63, 3.8) is 0 Å². The number of halogens is 1. The first-order chi connectivity index (χ1) is 13.0. The Morgan fingerprint density at radius 3 is 2.44 bits per heavy atom. The number of nitrogens with zero attached hydrogens (tertiary/aromatic N) is 1. The average Bonchev–Trinajstić information content (AvgIpc) is 2.65. The molecular formula is C19H15ClN2O4S. The van der Waals surface area contributed by atoms with Crippen LogP contribution in [0.5, 0.6) is 11.5 Å². The SMILES string of the molecule is COc1ccc(/C=C2\C(=O)NC(=S)N(c3ccccc3OC)C2=O)cc1Cl. The Kier molecular flexibility index (Phi) is 5.43. The van der Waals surface area contributed by atoms with Crippen LogP contribution < -0.4 is 19.7 Å². The number of rotatable bonds is 4. The summed E-state index contributed by atoms with van der Waals surface area (Å²) in [5, 5.41) is 2.89. The zero-order chi connectivity index (χ0) is 19.6. The second-order valence-corrected chi connectivity index (χ2v) is 6.32. The molecule has 0 saturated carbocycles. The fraction of sp³-hybridized carbons (Fsp3) is 0.105. The molecule has 1 N–H and O–H groups in total. The van der Waals surface area contributed by atoms with E-state index in [1.165, 1.54) is 25.2 Å². The van der Waals surface area contributed by atoms with E-state index in [0.29, 0.717) is 27.8 Å². The third-order valence-corrected chi connectivity index (χ3v) is 4.49. The van der Waals surface area contributed by atoms with Crippen LogP contribution in [0, 0.1) is 0 Å². The third-order valence-electron chi connectivity index (χ3n) is 3.91. The van der Waals surface area contributed by atoms with Gasteiger partial charge < -0.3 is 9.47 Å². The fourth-order valence-corrected chi connectivity index (χ4v) is 3.17. The van der Waals surface area contributed by atoms with Crippen LogP contribution in [0.4, 0.5) is 5.69 Å². The zero-order valence-corrected chi connectivity index (χ0v) is 16.1. The van der Waals surface area contributed by atoms with E-state index in [4.69, 9.17) is 33.3 Å². The summed E-state index contributed by atoms with van der Waals surface area (Å²) in [5.41, 5.74) is 0.941. The summed E-state index contributed by atoms with van der Waals surface area (Å²) in [4.78, 5) is 26.6. The van der Waals surface area contributed by atoms with Gasteiger partial charge in [-0.15, -0.1) is 0 Å². The molecule has 3 rings (SSSR count). The summed E-state index contributed by atoms with van der Waals surface area (Å²) < 4.78 is 10.4.